The second-order valence-corrected chi connectivity index (χ2v) is 7.76. The van der Waals surface area contributed by atoms with E-state index in [1.54, 1.807) is 13.8 Å². The number of carbonyl (C=O) groups excluding carboxylic acids is 4. The maximum atomic E-state index is 13.5. The van der Waals surface area contributed by atoms with Gasteiger partial charge in [0.25, 0.3) is 11.8 Å². The Kier molecular flexibility index (Phi) is 6.94. The molecule has 1 heterocycles. The van der Waals surface area contributed by atoms with Gasteiger partial charge < -0.3 is 15.4 Å². The minimum atomic E-state index is -1.06. The van der Waals surface area contributed by atoms with Crippen molar-refractivity contribution in [2.24, 2.45) is 5.92 Å². The Hall–Kier alpha value is -2.97. The van der Waals surface area contributed by atoms with Crippen LogP contribution in [0.25, 0.3) is 0 Å². The molecule has 29 heavy (non-hydrogen) atoms. The Morgan fingerprint density at radius 2 is 2.00 bits per heavy atom. The number of aryl methyl sites for hydroxylation is 1. The van der Waals surface area contributed by atoms with E-state index in [9.17, 15) is 23.6 Å². The molecule has 2 N–H and O–H groups in total. The van der Waals surface area contributed by atoms with Gasteiger partial charge in [-0.25, -0.2) is 9.18 Å². The van der Waals surface area contributed by atoms with Gasteiger partial charge in [-0.3, -0.25) is 19.3 Å². The van der Waals surface area contributed by atoms with Crippen LogP contribution in [0.3, 0.4) is 0 Å². The minimum absolute atomic E-state index is 0.226. The summed E-state index contributed by atoms with van der Waals surface area (Å²) in [7, 11) is 0. The smallest absolute Gasteiger partial charge is 0.326 e. The molecule has 1 saturated heterocycles. The quantitative estimate of drug-likeness (QED) is 0.508. The van der Waals surface area contributed by atoms with Gasteiger partial charge in [0.2, 0.25) is 0 Å². The first-order chi connectivity index (χ1) is 13.5. The number of benzene rings is 1. The predicted molar refractivity (Wildman–Crippen MR) is 103 cm³/mol. The molecule has 1 aromatic rings. The lowest BCUT2D eigenvalue weighted by molar-refractivity contribution is -0.150. The second kappa shape index (κ2) is 9.02. The third kappa shape index (κ3) is 5.75. The number of nitrogens with one attached hydrogen (secondary N) is 2. The van der Waals surface area contributed by atoms with Crippen molar-refractivity contribution in [3.8, 4) is 0 Å². The van der Waals surface area contributed by atoms with Crippen molar-refractivity contribution in [3.63, 3.8) is 0 Å². The highest BCUT2D eigenvalue weighted by Crippen LogP contribution is 2.24. The van der Waals surface area contributed by atoms with Crippen LogP contribution < -0.4 is 10.6 Å². The van der Waals surface area contributed by atoms with Crippen molar-refractivity contribution < 1.29 is 28.3 Å². The fourth-order valence-electron chi connectivity index (χ4n) is 2.83. The van der Waals surface area contributed by atoms with Gasteiger partial charge in [-0.05, 0) is 50.3 Å². The summed E-state index contributed by atoms with van der Waals surface area (Å²) in [6.45, 7) is 6.02. The van der Waals surface area contributed by atoms with E-state index in [2.05, 4.69) is 10.6 Å². The molecule has 1 aliphatic rings. The van der Waals surface area contributed by atoms with Crippen LogP contribution in [0.4, 0.5) is 14.9 Å². The van der Waals surface area contributed by atoms with Crippen molar-refractivity contribution in [3.05, 3.63) is 29.6 Å². The predicted octanol–water partition coefficient (Wildman–Crippen LogP) is 2.36. The Morgan fingerprint density at radius 3 is 2.62 bits per heavy atom. The van der Waals surface area contributed by atoms with Crippen molar-refractivity contribution in [1.82, 2.24) is 10.2 Å². The molecule has 8 nitrogen and oxygen atoms in total. The highest BCUT2D eigenvalue weighted by Gasteiger charge is 2.48. The van der Waals surface area contributed by atoms with Gasteiger partial charge in [-0.1, -0.05) is 19.9 Å². The zero-order chi connectivity index (χ0) is 21.8. The summed E-state index contributed by atoms with van der Waals surface area (Å²) >= 11 is 0. The van der Waals surface area contributed by atoms with Crippen LogP contribution >= 0.6 is 0 Å². The summed E-state index contributed by atoms with van der Waals surface area (Å²) in [5, 5.41) is 5.01. The number of amides is 4. The Morgan fingerprint density at radius 1 is 1.31 bits per heavy atom. The first-order valence-corrected chi connectivity index (χ1v) is 9.37. The maximum absolute atomic E-state index is 13.5. The SMILES string of the molecule is Cc1ccc(NC(=O)COC(=O)CN2C(=O)N[C@](C)(CCC(C)C)C2=O)cc1F. The van der Waals surface area contributed by atoms with Crippen molar-refractivity contribution in [2.75, 3.05) is 18.5 Å². The average Bonchev–Trinajstić information content (AvgIpc) is 2.85. The van der Waals surface area contributed by atoms with Crippen LogP contribution in [0.15, 0.2) is 18.2 Å². The highest BCUT2D eigenvalue weighted by molar-refractivity contribution is 6.08. The van der Waals surface area contributed by atoms with Crippen LogP contribution in [-0.2, 0) is 19.1 Å². The molecule has 158 valence electrons. The molecule has 1 aromatic carbocycles. The number of rotatable bonds is 8. The second-order valence-electron chi connectivity index (χ2n) is 7.76. The average molecular weight is 407 g/mol. The molecule has 9 heteroatoms. The third-order valence-corrected chi connectivity index (χ3v) is 4.67. The summed E-state index contributed by atoms with van der Waals surface area (Å²) in [6, 6.07) is 3.51. The molecule has 0 radical (unpaired) electrons. The standard InChI is InChI=1S/C20H26FN3O5/c1-12(2)7-8-20(4)18(27)24(19(28)23-20)10-17(26)29-11-16(25)22-14-6-5-13(3)15(21)9-14/h5-6,9,12H,7-8,10-11H2,1-4H3,(H,22,25)(H,23,28)/t20-/m1/s1. The number of urea groups is 1. The van der Waals surface area contributed by atoms with E-state index in [1.807, 2.05) is 13.8 Å². The van der Waals surface area contributed by atoms with Crippen LogP contribution in [0, 0.1) is 18.7 Å². The first kappa shape index (κ1) is 22.3. The molecule has 0 saturated carbocycles. The van der Waals surface area contributed by atoms with E-state index in [0.29, 0.717) is 17.9 Å². The molecule has 0 aromatic heterocycles. The minimum Gasteiger partial charge on any atom is -0.454 e. The summed E-state index contributed by atoms with van der Waals surface area (Å²) < 4.78 is 18.3. The van der Waals surface area contributed by atoms with E-state index in [1.165, 1.54) is 12.1 Å². The van der Waals surface area contributed by atoms with Crippen molar-refractivity contribution in [2.45, 2.75) is 46.1 Å². The summed E-state index contributed by atoms with van der Waals surface area (Å²) in [5.74, 6) is -2.18. The lowest BCUT2D eigenvalue weighted by Crippen LogP contribution is -2.44. The van der Waals surface area contributed by atoms with Crippen molar-refractivity contribution >= 4 is 29.5 Å². The highest BCUT2D eigenvalue weighted by atomic mass is 19.1. The van der Waals surface area contributed by atoms with Gasteiger partial charge in [-0.2, -0.15) is 0 Å². The third-order valence-electron chi connectivity index (χ3n) is 4.67. The number of halogens is 1. The fraction of sp³-hybridized carbons (Fsp3) is 0.500. The number of carbonyl (C=O) groups is 4. The Bertz CT molecular complexity index is 826. The monoisotopic (exact) mass is 407 g/mol. The lowest BCUT2D eigenvalue weighted by Gasteiger charge is -2.22. The number of anilines is 1. The molecular formula is C20H26FN3O5. The molecule has 1 fully saturated rings. The van der Waals surface area contributed by atoms with E-state index >= 15 is 0 Å². The number of esters is 1. The molecule has 0 aliphatic carbocycles. The molecule has 2 rings (SSSR count). The van der Waals surface area contributed by atoms with Gasteiger partial charge in [-0.15, -0.1) is 0 Å². The largest absolute Gasteiger partial charge is 0.454 e. The molecule has 1 aliphatic heterocycles. The van der Waals surface area contributed by atoms with Gasteiger partial charge in [0.1, 0.15) is 17.9 Å². The topological polar surface area (TPSA) is 105 Å². The van der Waals surface area contributed by atoms with Crippen molar-refractivity contribution in [1.29, 1.82) is 0 Å². The molecule has 0 spiro atoms. The van der Waals surface area contributed by atoms with Gasteiger partial charge in [0.05, 0.1) is 0 Å². The van der Waals surface area contributed by atoms with Crippen LogP contribution in [0.1, 0.15) is 39.2 Å². The summed E-state index contributed by atoms with van der Waals surface area (Å²) in [6.07, 6.45) is 1.19. The van der Waals surface area contributed by atoms with Crippen LogP contribution in [0.2, 0.25) is 0 Å². The molecule has 0 bridgehead atoms. The summed E-state index contributed by atoms with van der Waals surface area (Å²) in [4.78, 5) is 49.3. The first-order valence-electron chi connectivity index (χ1n) is 9.37. The van der Waals surface area contributed by atoms with E-state index in [4.69, 9.17) is 4.74 Å². The Labute approximate surface area is 168 Å². The van der Waals surface area contributed by atoms with E-state index in [-0.39, 0.29) is 5.69 Å². The number of nitrogens with zero attached hydrogens (tertiary/aromatic N) is 1. The van der Waals surface area contributed by atoms with E-state index in [0.717, 1.165) is 17.4 Å². The normalized spacial score (nSPS) is 18.8. The molecule has 4 amide bonds. The van der Waals surface area contributed by atoms with Crippen LogP contribution in [0.5, 0.6) is 0 Å². The maximum Gasteiger partial charge on any atom is 0.326 e. The number of imide groups is 1. The van der Waals surface area contributed by atoms with Crippen LogP contribution in [-0.4, -0.2) is 47.4 Å². The zero-order valence-corrected chi connectivity index (χ0v) is 17.0. The van der Waals surface area contributed by atoms with E-state index < -0.39 is 48.3 Å². The van der Waals surface area contributed by atoms with Gasteiger partial charge in [0.15, 0.2) is 6.61 Å². The number of hydrogen-bond donors (Lipinski definition) is 2. The molecule has 0 unspecified atom stereocenters. The van der Waals surface area contributed by atoms with Gasteiger partial charge in [0, 0.05) is 5.69 Å². The Balaban J connectivity index is 1.85. The summed E-state index contributed by atoms with van der Waals surface area (Å²) in [5.41, 5.74) is -0.401. The number of hydrogen-bond acceptors (Lipinski definition) is 5. The molecule has 1 atom stereocenters. The van der Waals surface area contributed by atoms with Gasteiger partial charge >= 0.3 is 12.0 Å². The lowest BCUT2D eigenvalue weighted by atomic mass is 9.92. The zero-order valence-electron chi connectivity index (χ0n) is 17.0. The number of ether oxygens (including phenoxy) is 1. The fourth-order valence-corrected chi connectivity index (χ4v) is 2.83. The molecular weight excluding hydrogens is 381 g/mol.